The first-order chi connectivity index (χ1) is 32.6. The maximum Gasteiger partial charge on any atom is 0.164 e. The van der Waals surface area contributed by atoms with E-state index < -0.39 is 0 Å². The highest BCUT2D eigenvalue weighted by Crippen LogP contribution is 2.60. The highest BCUT2D eigenvalue weighted by atomic mass is 15.0. The molecule has 4 fully saturated rings. The SMILES string of the molecule is c1ccc(-n2c3ccccc3c3cc(-c4nc(-c5ccc(-c6ccc(C78CC9CC(CC(C9)C7)C8)cc6)cc5)nc(-c5ccc6c7ccccc7n(-c7ccccc7)c6c5)n4)ccc32)cc1. The van der Waals surface area contributed by atoms with E-state index in [1.807, 2.05) is 0 Å². The molecule has 316 valence electrons. The predicted molar refractivity (Wildman–Crippen MR) is 270 cm³/mol. The summed E-state index contributed by atoms with van der Waals surface area (Å²) in [7, 11) is 0. The Morgan fingerprint density at radius 2 is 0.742 bits per heavy atom. The summed E-state index contributed by atoms with van der Waals surface area (Å²) in [5.74, 6) is 4.74. The van der Waals surface area contributed by atoms with Crippen LogP contribution in [0.1, 0.15) is 44.1 Å². The largest absolute Gasteiger partial charge is 0.309 e. The topological polar surface area (TPSA) is 48.5 Å². The average Bonchev–Trinajstić information content (AvgIpc) is 3.89. The van der Waals surface area contributed by atoms with Crippen molar-refractivity contribution in [3.8, 4) is 56.7 Å². The van der Waals surface area contributed by atoms with E-state index in [0.717, 1.165) is 67.8 Å². The van der Waals surface area contributed by atoms with Crippen LogP contribution in [0.2, 0.25) is 0 Å². The predicted octanol–water partition coefficient (Wildman–Crippen LogP) is 15.2. The second kappa shape index (κ2) is 14.7. The first kappa shape index (κ1) is 37.7. The Hall–Kier alpha value is -7.63. The fourth-order valence-electron chi connectivity index (χ4n) is 13.0. The minimum atomic E-state index is 0.400. The lowest BCUT2D eigenvalue weighted by Crippen LogP contribution is -2.48. The zero-order valence-corrected chi connectivity index (χ0v) is 36.7. The molecule has 0 unspecified atom stereocenters. The number of nitrogens with zero attached hydrogens (tertiary/aromatic N) is 5. The van der Waals surface area contributed by atoms with E-state index in [4.69, 9.17) is 15.0 Å². The smallest absolute Gasteiger partial charge is 0.164 e. The van der Waals surface area contributed by atoms with Gasteiger partial charge in [-0.2, -0.15) is 0 Å². The van der Waals surface area contributed by atoms with Gasteiger partial charge in [-0.3, -0.25) is 0 Å². The Balaban J connectivity index is 0.893. The summed E-state index contributed by atoms with van der Waals surface area (Å²) >= 11 is 0. The van der Waals surface area contributed by atoms with E-state index in [9.17, 15) is 0 Å². The molecule has 0 N–H and O–H groups in total. The van der Waals surface area contributed by atoms with Crippen LogP contribution in [-0.4, -0.2) is 24.1 Å². The number of hydrogen-bond donors (Lipinski definition) is 0. The number of fused-ring (bicyclic) bond motifs is 6. The molecule has 4 saturated carbocycles. The van der Waals surface area contributed by atoms with Crippen LogP contribution in [0.5, 0.6) is 0 Å². The monoisotopic (exact) mass is 849 g/mol. The molecule has 15 rings (SSSR count). The molecule has 5 nitrogen and oxygen atoms in total. The molecule has 0 aliphatic heterocycles. The first-order valence-corrected chi connectivity index (χ1v) is 23.8. The Morgan fingerprint density at radius 3 is 1.33 bits per heavy atom. The Morgan fingerprint density at radius 1 is 0.333 bits per heavy atom. The molecule has 0 atom stereocenters. The van der Waals surface area contributed by atoms with Crippen LogP contribution in [-0.2, 0) is 5.41 Å². The van der Waals surface area contributed by atoms with Crippen molar-refractivity contribution in [1.29, 1.82) is 0 Å². The molecule has 11 aromatic rings. The molecular weight excluding hydrogens is 803 g/mol. The molecule has 66 heavy (non-hydrogen) atoms. The molecule has 5 heteroatoms. The standard InChI is InChI=1S/C61H47N5/c1-3-11-48(12-4-1)65-55-18-10-8-16-51(55)53-34-45(26-30-56(53)65)59-62-58(44-21-19-42(20-22-44)43-23-27-47(28-24-43)61-36-39-31-40(37-61)33-41(32-39)38-61)63-60(64-59)46-25-29-52-50-15-7-9-17-54(50)66(57(52)35-46)49-13-5-2-6-14-49/h1-30,34-35,39-41H,31-33,36-38H2. The van der Waals surface area contributed by atoms with Crippen LogP contribution in [0, 0.1) is 17.8 Å². The Bertz CT molecular complexity index is 3620. The first-order valence-electron chi connectivity index (χ1n) is 23.8. The molecule has 0 spiro atoms. The van der Waals surface area contributed by atoms with Crippen LogP contribution < -0.4 is 0 Å². The normalized spacial score (nSPS) is 20.0. The third-order valence-corrected chi connectivity index (χ3v) is 15.5. The fourth-order valence-corrected chi connectivity index (χ4v) is 13.0. The molecule has 4 bridgehead atoms. The second-order valence-corrected chi connectivity index (χ2v) is 19.5. The van der Waals surface area contributed by atoms with E-state index in [2.05, 4.69) is 203 Å². The van der Waals surface area contributed by atoms with Crippen LogP contribution in [0.3, 0.4) is 0 Å². The molecule has 0 amide bonds. The van der Waals surface area contributed by atoms with Gasteiger partial charge in [0.15, 0.2) is 17.5 Å². The van der Waals surface area contributed by atoms with Crippen molar-refractivity contribution in [2.24, 2.45) is 17.8 Å². The summed E-state index contributed by atoms with van der Waals surface area (Å²) in [6, 6.07) is 70.2. The van der Waals surface area contributed by atoms with Gasteiger partial charge in [0, 0.05) is 49.6 Å². The van der Waals surface area contributed by atoms with E-state index in [-0.39, 0.29) is 0 Å². The van der Waals surface area contributed by atoms with E-state index >= 15 is 0 Å². The molecule has 3 heterocycles. The quantitative estimate of drug-likeness (QED) is 0.160. The lowest BCUT2D eigenvalue weighted by Gasteiger charge is -2.57. The summed E-state index contributed by atoms with van der Waals surface area (Å²) in [5.41, 5.74) is 14.1. The van der Waals surface area contributed by atoms with Crippen molar-refractivity contribution >= 4 is 43.6 Å². The minimum Gasteiger partial charge on any atom is -0.309 e. The van der Waals surface area contributed by atoms with Crippen LogP contribution in [0.25, 0.3) is 100 Å². The molecular formula is C61H47N5. The van der Waals surface area contributed by atoms with Crippen molar-refractivity contribution in [3.05, 3.63) is 200 Å². The summed E-state index contributed by atoms with van der Waals surface area (Å²) in [4.78, 5) is 15.9. The van der Waals surface area contributed by atoms with Crippen molar-refractivity contribution in [1.82, 2.24) is 24.1 Å². The van der Waals surface area contributed by atoms with Crippen molar-refractivity contribution in [2.45, 2.75) is 43.9 Å². The van der Waals surface area contributed by atoms with Gasteiger partial charge < -0.3 is 9.13 Å². The van der Waals surface area contributed by atoms with Gasteiger partial charge >= 0.3 is 0 Å². The number of aromatic nitrogens is 5. The number of benzene rings is 8. The number of para-hydroxylation sites is 4. The lowest BCUT2D eigenvalue weighted by molar-refractivity contribution is -0.00518. The van der Waals surface area contributed by atoms with Crippen molar-refractivity contribution in [2.75, 3.05) is 0 Å². The zero-order valence-electron chi connectivity index (χ0n) is 36.7. The van der Waals surface area contributed by atoms with E-state index in [1.165, 1.54) is 71.3 Å². The van der Waals surface area contributed by atoms with Gasteiger partial charge in [-0.25, -0.2) is 15.0 Å². The summed E-state index contributed by atoms with van der Waals surface area (Å²) < 4.78 is 4.69. The van der Waals surface area contributed by atoms with Crippen LogP contribution >= 0.6 is 0 Å². The van der Waals surface area contributed by atoms with Gasteiger partial charge in [-0.1, -0.05) is 133 Å². The second-order valence-electron chi connectivity index (χ2n) is 19.5. The minimum absolute atomic E-state index is 0.400. The molecule has 4 aliphatic rings. The molecule has 0 saturated heterocycles. The highest BCUT2D eigenvalue weighted by molar-refractivity contribution is 6.11. The number of hydrogen-bond acceptors (Lipinski definition) is 3. The summed E-state index contributed by atoms with van der Waals surface area (Å²) in [5, 5.41) is 4.75. The summed E-state index contributed by atoms with van der Waals surface area (Å²) in [6.07, 6.45) is 8.57. The maximum absolute atomic E-state index is 5.32. The third kappa shape index (κ3) is 6.02. The Kier molecular flexibility index (Phi) is 8.40. The summed E-state index contributed by atoms with van der Waals surface area (Å²) in [6.45, 7) is 0. The van der Waals surface area contributed by atoms with Gasteiger partial charge in [0.25, 0.3) is 0 Å². The van der Waals surface area contributed by atoms with Gasteiger partial charge in [-0.15, -0.1) is 0 Å². The lowest BCUT2D eigenvalue weighted by atomic mass is 9.48. The van der Waals surface area contributed by atoms with Gasteiger partial charge in [-0.05, 0) is 139 Å². The van der Waals surface area contributed by atoms with Crippen LogP contribution in [0.4, 0.5) is 0 Å². The third-order valence-electron chi connectivity index (χ3n) is 15.5. The van der Waals surface area contributed by atoms with Crippen molar-refractivity contribution in [3.63, 3.8) is 0 Å². The van der Waals surface area contributed by atoms with Crippen LogP contribution in [0.15, 0.2) is 194 Å². The van der Waals surface area contributed by atoms with Gasteiger partial charge in [0.1, 0.15) is 0 Å². The molecule has 8 aromatic carbocycles. The van der Waals surface area contributed by atoms with Gasteiger partial charge in [0.05, 0.1) is 22.1 Å². The molecule has 4 aliphatic carbocycles. The zero-order chi connectivity index (χ0) is 43.3. The Labute approximate surface area is 384 Å². The van der Waals surface area contributed by atoms with E-state index in [0.29, 0.717) is 22.9 Å². The fraction of sp³-hybridized carbons (Fsp3) is 0.164. The number of rotatable bonds is 7. The average molecular weight is 850 g/mol. The van der Waals surface area contributed by atoms with Gasteiger partial charge in [0.2, 0.25) is 0 Å². The van der Waals surface area contributed by atoms with Crippen molar-refractivity contribution < 1.29 is 0 Å². The molecule has 3 aromatic heterocycles. The van der Waals surface area contributed by atoms with E-state index in [1.54, 1.807) is 5.56 Å². The molecule has 0 radical (unpaired) electrons. The maximum atomic E-state index is 5.32. The highest BCUT2D eigenvalue weighted by Gasteiger charge is 2.51.